The third-order valence-electron chi connectivity index (χ3n) is 3.75. The number of ether oxygens (including phenoxy) is 3. The Kier molecular flexibility index (Phi) is 8.64. The fraction of sp³-hybridized carbons (Fsp3) is 0.300. The van der Waals surface area contributed by atoms with Crippen LogP contribution in [0.2, 0.25) is 0 Å². The van der Waals surface area contributed by atoms with Crippen LogP contribution >= 0.6 is 11.8 Å². The van der Waals surface area contributed by atoms with Crippen molar-refractivity contribution in [1.29, 1.82) is 0 Å². The van der Waals surface area contributed by atoms with Crippen LogP contribution in [0.15, 0.2) is 47.4 Å². The molecular formula is C20H24N2O5S. The number of methoxy groups -OCH3 is 3. The standard InChI is InChI=1S/C20H24N2O5S/c1-25-11-10-21-20(24)15-6-4-5-7-18(15)28-13-19(23)22-14-8-9-16(26-2)17(12-14)27-3/h4-9,12H,10-11,13H2,1-3H3,(H,21,24)(H,22,23). The molecule has 0 fully saturated rings. The first kappa shape index (κ1) is 21.6. The van der Waals surface area contributed by atoms with Crippen LogP contribution in [0.1, 0.15) is 10.4 Å². The van der Waals surface area contributed by atoms with Crippen LogP contribution in [-0.4, -0.2) is 52.0 Å². The minimum absolute atomic E-state index is 0.163. The summed E-state index contributed by atoms with van der Waals surface area (Å²) in [5.41, 5.74) is 1.14. The third-order valence-corrected chi connectivity index (χ3v) is 4.82. The maximum atomic E-state index is 12.3. The number of amides is 2. The van der Waals surface area contributed by atoms with Gasteiger partial charge in [-0.3, -0.25) is 9.59 Å². The average Bonchev–Trinajstić information content (AvgIpc) is 2.72. The summed E-state index contributed by atoms with van der Waals surface area (Å²) in [6, 6.07) is 12.3. The van der Waals surface area contributed by atoms with E-state index in [0.717, 1.165) is 4.90 Å². The van der Waals surface area contributed by atoms with Crippen molar-refractivity contribution in [2.24, 2.45) is 0 Å². The van der Waals surface area contributed by atoms with Gasteiger partial charge in [0.25, 0.3) is 5.91 Å². The molecule has 2 aromatic rings. The fourth-order valence-electron chi connectivity index (χ4n) is 2.40. The number of nitrogens with one attached hydrogen (secondary N) is 2. The van der Waals surface area contributed by atoms with E-state index >= 15 is 0 Å². The molecule has 0 bridgehead atoms. The molecule has 0 aromatic heterocycles. The zero-order chi connectivity index (χ0) is 20.4. The van der Waals surface area contributed by atoms with Gasteiger partial charge < -0.3 is 24.8 Å². The number of carbonyl (C=O) groups is 2. The summed E-state index contributed by atoms with van der Waals surface area (Å²) in [4.78, 5) is 25.3. The largest absolute Gasteiger partial charge is 0.493 e. The van der Waals surface area contributed by atoms with E-state index in [0.29, 0.717) is 35.9 Å². The maximum absolute atomic E-state index is 12.3. The highest BCUT2D eigenvalue weighted by molar-refractivity contribution is 8.00. The lowest BCUT2D eigenvalue weighted by molar-refractivity contribution is -0.113. The van der Waals surface area contributed by atoms with Crippen molar-refractivity contribution in [2.45, 2.75) is 4.90 Å². The minimum atomic E-state index is -0.194. The van der Waals surface area contributed by atoms with Gasteiger partial charge in [-0.05, 0) is 24.3 Å². The molecule has 150 valence electrons. The lowest BCUT2D eigenvalue weighted by Crippen LogP contribution is -2.27. The molecule has 0 heterocycles. The third kappa shape index (κ3) is 6.17. The summed E-state index contributed by atoms with van der Waals surface area (Å²) in [5, 5.41) is 5.60. The fourth-order valence-corrected chi connectivity index (χ4v) is 3.25. The van der Waals surface area contributed by atoms with Crippen LogP contribution in [0.3, 0.4) is 0 Å². The molecule has 2 N–H and O–H groups in total. The lowest BCUT2D eigenvalue weighted by Gasteiger charge is -2.11. The summed E-state index contributed by atoms with van der Waals surface area (Å²) >= 11 is 1.30. The zero-order valence-electron chi connectivity index (χ0n) is 16.1. The van der Waals surface area contributed by atoms with Gasteiger partial charge in [-0.1, -0.05) is 12.1 Å². The molecular weight excluding hydrogens is 380 g/mol. The maximum Gasteiger partial charge on any atom is 0.252 e. The highest BCUT2D eigenvalue weighted by Gasteiger charge is 2.13. The number of anilines is 1. The minimum Gasteiger partial charge on any atom is -0.493 e. The first-order valence-corrected chi connectivity index (χ1v) is 9.58. The highest BCUT2D eigenvalue weighted by atomic mass is 32.2. The SMILES string of the molecule is COCCNC(=O)c1ccccc1SCC(=O)Nc1ccc(OC)c(OC)c1. The molecule has 7 nitrogen and oxygen atoms in total. The molecule has 8 heteroatoms. The molecule has 28 heavy (non-hydrogen) atoms. The Bertz CT molecular complexity index is 813. The van der Waals surface area contributed by atoms with Crippen molar-refractivity contribution in [3.63, 3.8) is 0 Å². The van der Waals surface area contributed by atoms with Crippen LogP contribution in [0, 0.1) is 0 Å². The number of benzene rings is 2. The predicted octanol–water partition coefficient (Wildman–Crippen LogP) is 2.81. The molecule has 0 unspecified atom stereocenters. The molecule has 0 spiro atoms. The van der Waals surface area contributed by atoms with E-state index in [4.69, 9.17) is 14.2 Å². The van der Waals surface area contributed by atoms with Crippen molar-refractivity contribution < 1.29 is 23.8 Å². The number of thioether (sulfide) groups is 1. The van der Waals surface area contributed by atoms with Gasteiger partial charge in [0.1, 0.15) is 0 Å². The highest BCUT2D eigenvalue weighted by Crippen LogP contribution is 2.30. The molecule has 0 aliphatic rings. The molecule has 2 aromatic carbocycles. The second kappa shape index (κ2) is 11.2. The topological polar surface area (TPSA) is 85.9 Å². The van der Waals surface area contributed by atoms with Crippen molar-refractivity contribution in [2.75, 3.05) is 45.6 Å². The van der Waals surface area contributed by atoms with E-state index in [1.165, 1.54) is 18.9 Å². The van der Waals surface area contributed by atoms with Crippen molar-refractivity contribution in [3.05, 3.63) is 48.0 Å². The van der Waals surface area contributed by atoms with Gasteiger partial charge in [-0.25, -0.2) is 0 Å². The van der Waals surface area contributed by atoms with E-state index < -0.39 is 0 Å². The Morgan fingerprint density at radius 3 is 2.46 bits per heavy atom. The normalized spacial score (nSPS) is 10.2. The van der Waals surface area contributed by atoms with Gasteiger partial charge in [-0.15, -0.1) is 11.8 Å². The molecule has 0 saturated carbocycles. The molecule has 0 saturated heterocycles. The first-order chi connectivity index (χ1) is 13.6. The Hall–Kier alpha value is -2.71. The van der Waals surface area contributed by atoms with Crippen LogP contribution in [-0.2, 0) is 9.53 Å². The molecule has 2 amide bonds. The van der Waals surface area contributed by atoms with Crippen molar-refractivity contribution in [3.8, 4) is 11.5 Å². The molecule has 0 atom stereocenters. The monoisotopic (exact) mass is 404 g/mol. The number of carbonyl (C=O) groups excluding carboxylic acids is 2. The average molecular weight is 404 g/mol. The van der Waals surface area contributed by atoms with Gasteiger partial charge >= 0.3 is 0 Å². The second-order valence-electron chi connectivity index (χ2n) is 5.65. The van der Waals surface area contributed by atoms with Crippen molar-refractivity contribution in [1.82, 2.24) is 5.32 Å². The van der Waals surface area contributed by atoms with Crippen LogP contribution in [0.5, 0.6) is 11.5 Å². The quantitative estimate of drug-likeness (QED) is 0.468. The van der Waals surface area contributed by atoms with E-state index in [1.54, 1.807) is 44.6 Å². The Balaban J connectivity index is 1.97. The Morgan fingerprint density at radius 1 is 1.00 bits per heavy atom. The van der Waals surface area contributed by atoms with Gasteiger partial charge in [0, 0.05) is 30.3 Å². The van der Waals surface area contributed by atoms with E-state index in [2.05, 4.69) is 10.6 Å². The summed E-state index contributed by atoms with van der Waals surface area (Å²) < 4.78 is 15.4. The number of hydrogen-bond acceptors (Lipinski definition) is 6. The summed E-state index contributed by atoms with van der Waals surface area (Å²) in [7, 11) is 4.66. The summed E-state index contributed by atoms with van der Waals surface area (Å²) in [5.74, 6) is 0.901. The van der Waals surface area contributed by atoms with Crippen LogP contribution in [0.4, 0.5) is 5.69 Å². The van der Waals surface area contributed by atoms with Gasteiger partial charge in [0.05, 0.1) is 32.1 Å². The van der Waals surface area contributed by atoms with E-state index in [9.17, 15) is 9.59 Å². The second-order valence-corrected chi connectivity index (χ2v) is 6.67. The Morgan fingerprint density at radius 2 is 1.75 bits per heavy atom. The number of rotatable bonds is 10. The van der Waals surface area contributed by atoms with E-state index in [-0.39, 0.29) is 17.6 Å². The lowest BCUT2D eigenvalue weighted by atomic mass is 10.2. The van der Waals surface area contributed by atoms with Gasteiger partial charge in [-0.2, -0.15) is 0 Å². The molecule has 0 aliphatic carbocycles. The predicted molar refractivity (Wildman–Crippen MR) is 110 cm³/mol. The molecule has 0 radical (unpaired) electrons. The first-order valence-electron chi connectivity index (χ1n) is 8.60. The zero-order valence-corrected chi connectivity index (χ0v) is 16.9. The summed E-state index contributed by atoms with van der Waals surface area (Å²) in [6.45, 7) is 0.864. The summed E-state index contributed by atoms with van der Waals surface area (Å²) in [6.07, 6.45) is 0. The smallest absolute Gasteiger partial charge is 0.252 e. The van der Waals surface area contributed by atoms with Gasteiger partial charge in [0.15, 0.2) is 11.5 Å². The van der Waals surface area contributed by atoms with E-state index in [1.807, 2.05) is 12.1 Å². The van der Waals surface area contributed by atoms with Crippen molar-refractivity contribution >= 4 is 29.3 Å². The van der Waals surface area contributed by atoms with Crippen LogP contribution in [0.25, 0.3) is 0 Å². The molecule has 0 aliphatic heterocycles. The van der Waals surface area contributed by atoms with Crippen LogP contribution < -0.4 is 20.1 Å². The van der Waals surface area contributed by atoms with Gasteiger partial charge in [0.2, 0.25) is 5.91 Å². The number of hydrogen-bond donors (Lipinski definition) is 2. The molecule has 2 rings (SSSR count). The Labute approximate surface area is 168 Å².